The lowest BCUT2D eigenvalue weighted by Crippen LogP contribution is -2.18. The SMILES string of the molecule is N#Cc1ccc(C=NNC(=O)c2[nH]c(-c3ccccc3)cc2-c2ccccc2)cc1. The molecule has 5 heteroatoms. The fraction of sp³-hybridized carbons (Fsp3) is 0. The predicted molar refractivity (Wildman–Crippen MR) is 118 cm³/mol. The predicted octanol–water partition coefficient (Wildman–Crippen LogP) is 4.98. The van der Waals surface area contributed by atoms with Crippen molar-refractivity contribution in [2.45, 2.75) is 0 Å². The quantitative estimate of drug-likeness (QED) is 0.372. The summed E-state index contributed by atoms with van der Waals surface area (Å²) in [5.74, 6) is -0.332. The van der Waals surface area contributed by atoms with Crippen LogP contribution in [0.25, 0.3) is 22.4 Å². The van der Waals surface area contributed by atoms with Crippen molar-refractivity contribution in [3.63, 3.8) is 0 Å². The van der Waals surface area contributed by atoms with Crippen LogP contribution < -0.4 is 5.43 Å². The number of benzene rings is 3. The highest BCUT2D eigenvalue weighted by Crippen LogP contribution is 2.29. The fourth-order valence-corrected chi connectivity index (χ4v) is 3.12. The molecule has 0 aliphatic heterocycles. The first-order valence-electron chi connectivity index (χ1n) is 9.42. The van der Waals surface area contributed by atoms with Crippen molar-refractivity contribution in [1.29, 1.82) is 5.26 Å². The molecular formula is C25H18N4O. The van der Waals surface area contributed by atoms with Gasteiger partial charge in [0.15, 0.2) is 0 Å². The Morgan fingerprint density at radius 3 is 2.17 bits per heavy atom. The van der Waals surface area contributed by atoms with Crippen LogP contribution in [0.1, 0.15) is 21.6 Å². The zero-order valence-corrected chi connectivity index (χ0v) is 16.0. The fourth-order valence-electron chi connectivity index (χ4n) is 3.12. The number of nitriles is 1. The van der Waals surface area contributed by atoms with Gasteiger partial charge in [0, 0.05) is 11.3 Å². The standard InChI is InChI=1S/C25H18N4O/c26-16-18-11-13-19(14-12-18)17-27-29-25(30)24-22(20-7-3-1-4-8-20)15-23(28-24)21-9-5-2-6-10-21/h1-15,17,28H,(H,29,30). The molecule has 144 valence electrons. The lowest BCUT2D eigenvalue weighted by atomic mass is 10.0. The molecule has 0 aliphatic rings. The third kappa shape index (κ3) is 4.18. The van der Waals surface area contributed by atoms with Gasteiger partial charge in [0.1, 0.15) is 5.69 Å². The van der Waals surface area contributed by atoms with Crippen molar-refractivity contribution < 1.29 is 4.79 Å². The molecule has 1 heterocycles. The Morgan fingerprint density at radius 2 is 1.53 bits per heavy atom. The number of carbonyl (C=O) groups excluding carboxylic acids is 1. The topological polar surface area (TPSA) is 81.0 Å². The van der Waals surface area contributed by atoms with E-state index < -0.39 is 0 Å². The van der Waals surface area contributed by atoms with Gasteiger partial charge in [-0.3, -0.25) is 4.79 Å². The van der Waals surface area contributed by atoms with Crippen LogP contribution in [0.3, 0.4) is 0 Å². The third-order valence-corrected chi connectivity index (χ3v) is 4.63. The smallest absolute Gasteiger partial charge is 0.288 e. The van der Waals surface area contributed by atoms with Gasteiger partial charge in [0.2, 0.25) is 0 Å². The van der Waals surface area contributed by atoms with Crippen molar-refractivity contribution in [2.75, 3.05) is 0 Å². The molecule has 2 N–H and O–H groups in total. The minimum absolute atomic E-state index is 0.332. The number of hydrogen-bond donors (Lipinski definition) is 2. The molecule has 1 aromatic heterocycles. The lowest BCUT2D eigenvalue weighted by molar-refractivity contribution is 0.0951. The van der Waals surface area contributed by atoms with Gasteiger partial charge in [-0.05, 0) is 34.9 Å². The molecule has 0 atom stereocenters. The van der Waals surface area contributed by atoms with Crippen LogP contribution in [0, 0.1) is 11.3 Å². The Hall–Kier alpha value is -4.43. The van der Waals surface area contributed by atoms with Crippen molar-refractivity contribution in [1.82, 2.24) is 10.4 Å². The van der Waals surface area contributed by atoms with Crippen LogP contribution in [0.4, 0.5) is 0 Å². The first kappa shape index (κ1) is 18.9. The van der Waals surface area contributed by atoms with Gasteiger partial charge in [0.05, 0.1) is 17.8 Å². The van der Waals surface area contributed by atoms with Crippen LogP contribution in [0.15, 0.2) is 96.1 Å². The molecule has 0 radical (unpaired) electrons. The summed E-state index contributed by atoms with van der Waals surface area (Å²) in [6.45, 7) is 0. The van der Waals surface area contributed by atoms with Crippen molar-refractivity contribution in [2.24, 2.45) is 5.10 Å². The number of H-pyrrole nitrogens is 1. The van der Waals surface area contributed by atoms with Gasteiger partial charge in [0.25, 0.3) is 5.91 Å². The van der Waals surface area contributed by atoms with Crippen LogP contribution in [0.5, 0.6) is 0 Å². The summed E-state index contributed by atoms with van der Waals surface area (Å²) in [6, 6.07) is 30.6. The summed E-state index contributed by atoms with van der Waals surface area (Å²) in [5.41, 5.74) is 7.99. The van der Waals surface area contributed by atoms with Gasteiger partial charge in [-0.1, -0.05) is 72.8 Å². The minimum atomic E-state index is -0.332. The lowest BCUT2D eigenvalue weighted by Gasteiger charge is -2.03. The number of rotatable bonds is 5. The number of nitrogens with one attached hydrogen (secondary N) is 2. The molecule has 3 aromatic carbocycles. The number of carbonyl (C=O) groups is 1. The Bertz CT molecular complexity index is 1220. The summed E-state index contributed by atoms with van der Waals surface area (Å²) in [4.78, 5) is 16.1. The van der Waals surface area contributed by atoms with E-state index in [1.807, 2.05) is 66.7 Å². The summed E-state index contributed by atoms with van der Waals surface area (Å²) in [6.07, 6.45) is 1.54. The molecule has 0 bridgehead atoms. The molecule has 0 spiro atoms. The monoisotopic (exact) mass is 390 g/mol. The zero-order valence-electron chi connectivity index (χ0n) is 16.0. The second-order valence-corrected chi connectivity index (χ2v) is 6.64. The van der Waals surface area contributed by atoms with Gasteiger partial charge >= 0.3 is 0 Å². The minimum Gasteiger partial charge on any atom is -0.350 e. The highest BCUT2D eigenvalue weighted by Gasteiger charge is 2.17. The number of nitrogens with zero attached hydrogens (tertiary/aromatic N) is 2. The maximum absolute atomic E-state index is 12.9. The average molecular weight is 390 g/mol. The normalized spacial score (nSPS) is 10.6. The third-order valence-electron chi connectivity index (χ3n) is 4.63. The van der Waals surface area contributed by atoms with E-state index in [0.29, 0.717) is 11.3 Å². The van der Waals surface area contributed by atoms with E-state index in [0.717, 1.165) is 27.9 Å². The van der Waals surface area contributed by atoms with Gasteiger partial charge in [-0.25, -0.2) is 5.43 Å². The van der Waals surface area contributed by atoms with Crippen LogP contribution >= 0.6 is 0 Å². The summed E-state index contributed by atoms with van der Waals surface area (Å²) < 4.78 is 0. The molecule has 4 rings (SSSR count). The molecule has 1 amide bonds. The largest absolute Gasteiger partial charge is 0.350 e. The average Bonchev–Trinajstić information content (AvgIpc) is 3.26. The van der Waals surface area contributed by atoms with E-state index in [-0.39, 0.29) is 5.91 Å². The van der Waals surface area contributed by atoms with Crippen molar-refractivity contribution >= 4 is 12.1 Å². The molecule has 0 aliphatic carbocycles. The second-order valence-electron chi connectivity index (χ2n) is 6.64. The second kappa shape index (κ2) is 8.72. The molecule has 4 aromatic rings. The number of hydrazone groups is 1. The van der Waals surface area contributed by atoms with E-state index in [1.165, 1.54) is 0 Å². The maximum Gasteiger partial charge on any atom is 0.288 e. The molecular weight excluding hydrogens is 372 g/mol. The molecule has 0 saturated heterocycles. The van der Waals surface area contributed by atoms with E-state index in [1.54, 1.807) is 30.5 Å². The maximum atomic E-state index is 12.9. The van der Waals surface area contributed by atoms with E-state index in [2.05, 4.69) is 21.6 Å². The van der Waals surface area contributed by atoms with Gasteiger partial charge in [-0.2, -0.15) is 10.4 Å². The van der Waals surface area contributed by atoms with E-state index in [9.17, 15) is 4.79 Å². The highest BCUT2D eigenvalue weighted by atomic mass is 16.2. The Balaban J connectivity index is 1.61. The summed E-state index contributed by atoms with van der Waals surface area (Å²) in [7, 11) is 0. The molecule has 0 fully saturated rings. The van der Waals surface area contributed by atoms with E-state index in [4.69, 9.17) is 5.26 Å². The Morgan fingerprint density at radius 1 is 0.900 bits per heavy atom. The first-order valence-corrected chi connectivity index (χ1v) is 9.42. The van der Waals surface area contributed by atoms with E-state index >= 15 is 0 Å². The molecule has 5 nitrogen and oxygen atoms in total. The molecule has 0 unspecified atom stereocenters. The molecule has 30 heavy (non-hydrogen) atoms. The number of aromatic amines is 1. The van der Waals surface area contributed by atoms with Crippen molar-refractivity contribution in [3.05, 3.63) is 108 Å². The van der Waals surface area contributed by atoms with Gasteiger partial charge in [-0.15, -0.1) is 0 Å². The first-order chi connectivity index (χ1) is 14.7. The van der Waals surface area contributed by atoms with Crippen LogP contribution in [0.2, 0.25) is 0 Å². The highest BCUT2D eigenvalue weighted by molar-refractivity contribution is 6.01. The number of aromatic nitrogens is 1. The number of hydrogen-bond acceptors (Lipinski definition) is 3. The summed E-state index contributed by atoms with van der Waals surface area (Å²) in [5, 5.41) is 12.9. The summed E-state index contributed by atoms with van der Waals surface area (Å²) >= 11 is 0. The van der Waals surface area contributed by atoms with Crippen LogP contribution in [-0.2, 0) is 0 Å². The van der Waals surface area contributed by atoms with Gasteiger partial charge < -0.3 is 4.98 Å². The number of amides is 1. The van der Waals surface area contributed by atoms with Crippen molar-refractivity contribution in [3.8, 4) is 28.5 Å². The molecule has 0 saturated carbocycles. The van der Waals surface area contributed by atoms with Crippen LogP contribution in [-0.4, -0.2) is 17.1 Å². The zero-order chi connectivity index (χ0) is 20.8. The Kier molecular flexibility index (Phi) is 5.50. The Labute approximate surface area is 174 Å².